The van der Waals surface area contributed by atoms with E-state index < -0.39 is 11.6 Å². The molecule has 3 aromatic heterocycles. The molecule has 3 aliphatic heterocycles. The number of benzene rings is 2. The van der Waals surface area contributed by atoms with Gasteiger partial charge >= 0.3 is 6.01 Å². The molecule has 0 saturated carbocycles. The van der Waals surface area contributed by atoms with E-state index in [0.717, 1.165) is 51.6 Å². The van der Waals surface area contributed by atoms with Crippen molar-refractivity contribution in [3.63, 3.8) is 0 Å². The molecular formula is C37H38F2N6O3. The fourth-order valence-electron chi connectivity index (χ4n) is 7.53. The summed E-state index contributed by atoms with van der Waals surface area (Å²) in [6.07, 6.45) is 16.8. The maximum atomic E-state index is 16.8. The third-order valence-corrected chi connectivity index (χ3v) is 9.84. The van der Waals surface area contributed by atoms with Crippen LogP contribution in [-0.4, -0.2) is 73.2 Å². The van der Waals surface area contributed by atoms with Crippen LogP contribution in [0.3, 0.4) is 0 Å². The number of fused-ring (bicyclic) bond motifs is 3. The minimum absolute atomic E-state index is 0.00818. The van der Waals surface area contributed by atoms with Crippen LogP contribution in [0.25, 0.3) is 44.2 Å². The summed E-state index contributed by atoms with van der Waals surface area (Å²) in [5.41, 5.74) is 1.04. The van der Waals surface area contributed by atoms with Crippen molar-refractivity contribution in [1.82, 2.24) is 29.6 Å². The molecule has 8 rings (SSSR count). The molecule has 3 aliphatic rings. The van der Waals surface area contributed by atoms with Gasteiger partial charge in [0.15, 0.2) is 5.82 Å². The molecule has 0 bridgehead atoms. The first-order valence-corrected chi connectivity index (χ1v) is 16.7. The second-order valence-corrected chi connectivity index (χ2v) is 12.5. The smallest absolute Gasteiger partial charge is 0.317 e. The van der Waals surface area contributed by atoms with Crippen molar-refractivity contribution in [2.24, 2.45) is 0 Å². The Morgan fingerprint density at radius 2 is 1.83 bits per heavy atom. The van der Waals surface area contributed by atoms with Crippen LogP contribution < -0.4 is 4.74 Å². The molecule has 1 N–H and O–H groups in total. The van der Waals surface area contributed by atoms with E-state index >= 15 is 4.39 Å². The number of phenolic OH excluding ortho intramolecular Hbond substituents is 1. The highest BCUT2D eigenvalue weighted by molar-refractivity contribution is 6.03. The van der Waals surface area contributed by atoms with Crippen LogP contribution >= 0.6 is 0 Å². The molecule has 0 unspecified atom stereocenters. The predicted octanol–water partition coefficient (Wildman–Crippen LogP) is 7.06. The molecule has 0 atom stereocenters. The van der Waals surface area contributed by atoms with Crippen molar-refractivity contribution in [2.45, 2.75) is 64.0 Å². The number of hydrogen-bond acceptors (Lipinski definition) is 8. The first-order valence-electron chi connectivity index (χ1n) is 16.7. The fourth-order valence-corrected chi connectivity index (χ4v) is 7.53. The van der Waals surface area contributed by atoms with Crippen molar-refractivity contribution in [3.8, 4) is 46.6 Å². The Hall–Kier alpha value is -4.66. The summed E-state index contributed by atoms with van der Waals surface area (Å²) in [6.45, 7) is 7.82. The minimum Gasteiger partial charge on any atom is -0.508 e. The van der Waals surface area contributed by atoms with Crippen molar-refractivity contribution in [1.29, 1.82) is 0 Å². The lowest BCUT2D eigenvalue weighted by molar-refractivity contribution is 0.0662. The number of ether oxygens (including phenoxy) is 2. The predicted molar refractivity (Wildman–Crippen MR) is 180 cm³/mol. The Morgan fingerprint density at radius 3 is 2.58 bits per heavy atom. The summed E-state index contributed by atoms with van der Waals surface area (Å²) in [5.74, 6) is 0.857. The monoisotopic (exact) mass is 652 g/mol. The number of pyridine rings is 1. The first-order chi connectivity index (χ1) is 23.4. The summed E-state index contributed by atoms with van der Waals surface area (Å²) in [5, 5.41) is 16.3. The molecule has 2 aromatic carbocycles. The molecule has 0 spiro atoms. The largest absolute Gasteiger partial charge is 0.508 e. The van der Waals surface area contributed by atoms with E-state index in [1.807, 2.05) is 24.7 Å². The summed E-state index contributed by atoms with van der Waals surface area (Å²) >= 11 is 0. The second kappa shape index (κ2) is 13.1. The van der Waals surface area contributed by atoms with Gasteiger partial charge in [-0.1, -0.05) is 25.8 Å². The molecule has 3 fully saturated rings. The number of rotatable bonds is 6. The van der Waals surface area contributed by atoms with Crippen molar-refractivity contribution < 1.29 is 23.4 Å². The molecule has 5 aromatic rings. The van der Waals surface area contributed by atoms with E-state index in [0.29, 0.717) is 41.9 Å². The summed E-state index contributed by atoms with van der Waals surface area (Å²) in [4.78, 5) is 16.4. The van der Waals surface area contributed by atoms with Crippen LogP contribution in [-0.2, 0) is 4.74 Å². The van der Waals surface area contributed by atoms with Gasteiger partial charge in [0.1, 0.15) is 29.4 Å². The average molecular weight is 653 g/mol. The van der Waals surface area contributed by atoms with E-state index in [2.05, 4.69) is 25.9 Å². The molecule has 48 heavy (non-hydrogen) atoms. The van der Waals surface area contributed by atoms with Gasteiger partial charge in [0, 0.05) is 47.5 Å². The lowest BCUT2D eigenvalue weighted by Gasteiger charge is -2.31. The number of halogens is 2. The van der Waals surface area contributed by atoms with Crippen LogP contribution in [0, 0.1) is 24.0 Å². The standard InChI is InChI=1S/C35H32F2N6O3.C2H6/c1-2-25-28(36)6-5-21-15-24(44)16-26(29(21)25)32-30(37)33-27(18-38-32)31(22-17-39-43(19-22)23-7-13-45-14-8-23)40-34(41-33)46-20-35-9-3-11-42(35)12-4-10-35;1-2/h1,5-6,15-19,23,44H,3-4,7-14,20H2;1-2H3. The number of hydrogen-bond donors (Lipinski definition) is 1. The van der Waals surface area contributed by atoms with E-state index in [-0.39, 0.29) is 51.1 Å². The maximum Gasteiger partial charge on any atom is 0.317 e. The van der Waals surface area contributed by atoms with Crippen LogP contribution in [0.15, 0.2) is 42.9 Å². The molecule has 6 heterocycles. The van der Waals surface area contributed by atoms with E-state index in [9.17, 15) is 9.50 Å². The summed E-state index contributed by atoms with van der Waals surface area (Å²) in [7, 11) is 0. The fraction of sp³-hybridized carbons (Fsp3) is 0.405. The zero-order valence-electron chi connectivity index (χ0n) is 27.2. The van der Waals surface area contributed by atoms with Gasteiger partial charge in [-0.25, -0.2) is 8.78 Å². The third kappa shape index (κ3) is 5.53. The molecular weight excluding hydrogens is 614 g/mol. The minimum atomic E-state index is -0.761. The van der Waals surface area contributed by atoms with Crippen LogP contribution in [0.2, 0.25) is 0 Å². The highest BCUT2D eigenvalue weighted by Gasteiger charge is 2.45. The Labute approximate surface area is 277 Å². The van der Waals surface area contributed by atoms with Gasteiger partial charge in [0.25, 0.3) is 0 Å². The zero-order chi connectivity index (χ0) is 33.4. The third-order valence-electron chi connectivity index (χ3n) is 9.84. The molecule has 248 valence electrons. The zero-order valence-corrected chi connectivity index (χ0v) is 27.2. The topological polar surface area (TPSA) is 98.4 Å². The van der Waals surface area contributed by atoms with Crippen molar-refractivity contribution in [2.75, 3.05) is 32.9 Å². The summed E-state index contributed by atoms with van der Waals surface area (Å²) in [6, 6.07) is 5.75. The Balaban J connectivity index is 0.00000179. The Kier molecular flexibility index (Phi) is 8.71. The number of nitrogens with zero attached hydrogens (tertiary/aromatic N) is 6. The van der Waals surface area contributed by atoms with Gasteiger partial charge in [-0.2, -0.15) is 15.1 Å². The van der Waals surface area contributed by atoms with E-state index in [4.69, 9.17) is 20.9 Å². The lowest BCUT2D eigenvalue weighted by atomic mass is 9.95. The molecule has 3 saturated heterocycles. The van der Waals surface area contributed by atoms with E-state index in [1.165, 1.54) is 30.5 Å². The Morgan fingerprint density at radius 1 is 1.06 bits per heavy atom. The normalized spacial score (nSPS) is 17.6. The quantitative estimate of drug-likeness (QED) is 0.195. The van der Waals surface area contributed by atoms with Crippen LogP contribution in [0.1, 0.15) is 64.0 Å². The van der Waals surface area contributed by atoms with Gasteiger partial charge in [-0.15, -0.1) is 6.42 Å². The van der Waals surface area contributed by atoms with Gasteiger partial charge in [0.05, 0.1) is 29.0 Å². The van der Waals surface area contributed by atoms with Gasteiger partial charge in [-0.3, -0.25) is 14.6 Å². The molecule has 9 nitrogen and oxygen atoms in total. The molecule has 0 radical (unpaired) electrons. The summed E-state index contributed by atoms with van der Waals surface area (Å²) < 4.78 is 45.4. The number of aromatic nitrogens is 5. The Bertz CT molecular complexity index is 2020. The van der Waals surface area contributed by atoms with Crippen LogP contribution in [0.5, 0.6) is 11.8 Å². The first kappa shape index (κ1) is 31.9. The molecule has 0 amide bonds. The SMILES string of the molecule is C#Cc1c(F)ccc2cc(O)cc(-c3ncc4c(-c5cnn(C6CCOCC6)c5)nc(OCC56CCCN5CCC6)nc4c3F)c12.CC. The molecule has 11 heteroatoms. The number of aromatic hydroxyl groups is 1. The van der Waals surface area contributed by atoms with Gasteiger partial charge < -0.3 is 14.6 Å². The van der Waals surface area contributed by atoms with Gasteiger partial charge in [-0.05, 0) is 75.2 Å². The number of terminal acetylenes is 1. The van der Waals surface area contributed by atoms with Crippen molar-refractivity contribution >= 4 is 21.7 Å². The average Bonchev–Trinajstić information content (AvgIpc) is 3.86. The van der Waals surface area contributed by atoms with Crippen LogP contribution in [0.4, 0.5) is 8.78 Å². The maximum absolute atomic E-state index is 16.8. The van der Waals surface area contributed by atoms with Crippen molar-refractivity contribution in [3.05, 3.63) is 60.1 Å². The second-order valence-electron chi connectivity index (χ2n) is 12.5. The molecule has 0 aliphatic carbocycles. The van der Waals surface area contributed by atoms with E-state index in [1.54, 1.807) is 6.20 Å². The lowest BCUT2D eigenvalue weighted by Crippen LogP contribution is -2.43. The highest BCUT2D eigenvalue weighted by Crippen LogP contribution is 2.41. The number of phenols is 1. The highest BCUT2D eigenvalue weighted by atomic mass is 19.1. The van der Waals surface area contributed by atoms with Gasteiger partial charge in [0.2, 0.25) is 0 Å².